The Bertz CT molecular complexity index is 1140. The maximum absolute atomic E-state index is 12.9. The lowest BCUT2D eigenvalue weighted by molar-refractivity contribution is -0.139. The van der Waals surface area contributed by atoms with Gasteiger partial charge in [-0.05, 0) is 42.0 Å². The predicted octanol–water partition coefficient (Wildman–Crippen LogP) is 4.43. The summed E-state index contributed by atoms with van der Waals surface area (Å²) >= 11 is 24.0. The van der Waals surface area contributed by atoms with Crippen LogP contribution in [0.1, 0.15) is 5.56 Å². The Hall–Kier alpha value is -2.78. The Morgan fingerprint density at radius 2 is 1.65 bits per heavy atom. The molecule has 0 saturated carbocycles. The van der Waals surface area contributed by atoms with Gasteiger partial charge >= 0.3 is 12.0 Å². The summed E-state index contributed by atoms with van der Waals surface area (Å²) in [5.74, 6) is -3.13. The Balaban J connectivity index is 1.98. The molecule has 1 heterocycles. The molecule has 2 N–H and O–H groups in total. The van der Waals surface area contributed by atoms with Crippen molar-refractivity contribution >= 4 is 82.0 Å². The van der Waals surface area contributed by atoms with E-state index in [4.69, 9.17) is 56.2 Å². The average molecular weight is 504 g/mol. The third-order valence-corrected chi connectivity index (χ3v) is 5.24. The molecule has 0 radical (unpaired) electrons. The highest BCUT2D eigenvalue weighted by Gasteiger charge is 2.37. The molecule has 160 valence electrons. The van der Waals surface area contributed by atoms with E-state index in [2.05, 4.69) is 5.32 Å². The molecule has 3 rings (SSSR count). The lowest BCUT2D eigenvalue weighted by atomic mass is 10.1. The van der Waals surface area contributed by atoms with Crippen LogP contribution in [0, 0.1) is 0 Å². The maximum atomic E-state index is 12.9. The fraction of sp³-hybridized carbons (Fsp3) is 0.0526. The van der Waals surface area contributed by atoms with Crippen LogP contribution < -0.4 is 15.0 Å². The molecule has 0 unspecified atom stereocenters. The molecule has 0 spiro atoms. The van der Waals surface area contributed by atoms with Crippen molar-refractivity contribution < 1.29 is 29.0 Å². The number of urea groups is 1. The second-order valence-corrected chi connectivity index (χ2v) is 7.68. The van der Waals surface area contributed by atoms with Crippen LogP contribution in [0.25, 0.3) is 6.08 Å². The summed E-state index contributed by atoms with van der Waals surface area (Å²) in [5, 5.41) is 11.0. The number of anilines is 1. The van der Waals surface area contributed by atoms with E-state index in [0.29, 0.717) is 0 Å². The van der Waals surface area contributed by atoms with E-state index in [-0.39, 0.29) is 42.7 Å². The van der Waals surface area contributed by atoms with Gasteiger partial charge in [0.15, 0.2) is 12.4 Å². The fourth-order valence-electron chi connectivity index (χ4n) is 2.62. The molecule has 0 aromatic heterocycles. The summed E-state index contributed by atoms with van der Waals surface area (Å²) in [4.78, 5) is 48.8. The number of carboxylic acid groups (broad SMARTS) is 1. The molecular weight excluding hydrogens is 494 g/mol. The smallest absolute Gasteiger partial charge is 0.341 e. The molecule has 2 aromatic rings. The summed E-state index contributed by atoms with van der Waals surface area (Å²) in [6, 6.07) is 5.77. The molecular formula is C19H10Cl4N2O6. The van der Waals surface area contributed by atoms with Gasteiger partial charge in [0.05, 0.1) is 25.8 Å². The van der Waals surface area contributed by atoms with Gasteiger partial charge in [-0.25, -0.2) is 14.5 Å². The zero-order valence-electron chi connectivity index (χ0n) is 15.1. The van der Waals surface area contributed by atoms with E-state index in [9.17, 15) is 19.2 Å². The summed E-state index contributed by atoms with van der Waals surface area (Å²) in [7, 11) is 0. The lowest BCUT2D eigenvalue weighted by Gasteiger charge is -2.26. The van der Waals surface area contributed by atoms with Crippen LogP contribution in [0.2, 0.25) is 20.1 Å². The molecule has 12 heteroatoms. The first-order chi connectivity index (χ1) is 14.6. The van der Waals surface area contributed by atoms with Crippen molar-refractivity contribution in [2.24, 2.45) is 0 Å². The van der Waals surface area contributed by atoms with Gasteiger partial charge in [-0.3, -0.25) is 14.9 Å². The normalized spacial score (nSPS) is 15.3. The largest absolute Gasteiger partial charge is 0.479 e. The predicted molar refractivity (Wildman–Crippen MR) is 115 cm³/mol. The first kappa shape index (κ1) is 22.9. The van der Waals surface area contributed by atoms with Crippen LogP contribution >= 0.6 is 46.4 Å². The molecule has 31 heavy (non-hydrogen) atoms. The van der Waals surface area contributed by atoms with Crippen LogP contribution in [-0.2, 0) is 14.4 Å². The van der Waals surface area contributed by atoms with Gasteiger partial charge in [0.2, 0.25) is 0 Å². The highest BCUT2D eigenvalue weighted by Crippen LogP contribution is 2.35. The molecule has 0 bridgehead atoms. The minimum atomic E-state index is -1.23. The number of halogens is 4. The summed E-state index contributed by atoms with van der Waals surface area (Å²) < 4.78 is 5.02. The zero-order valence-corrected chi connectivity index (χ0v) is 18.1. The van der Waals surface area contributed by atoms with Gasteiger partial charge in [0, 0.05) is 0 Å². The van der Waals surface area contributed by atoms with Gasteiger partial charge in [0.25, 0.3) is 11.8 Å². The Morgan fingerprint density at radius 1 is 1.00 bits per heavy atom. The minimum Gasteiger partial charge on any atom is -0.479 e. The van der Waals surface area contributed by atoms with Gasteiger partial charge in [0.1, 0.15) is 5.57 Å². The number of aliphatic carboxylic acids is 1. The van der Waals surface area contributed by atoms with Crippen LogP contribution in [0.3, 0.4) is 0 Å². The van der Waals surface area contributed by atoms with Crippen molar-refractivity contribution in [3.8, 4) is 5.75 Å². The van der Waals surface area contributed by atoms with Gasteiger partial charge in [-0.15, -0.1) is 0 Å². The molecule has 2 aromatic carbocycles. The van der Waals surface area contributed by atoms with Gasteiger partial charge < -0.3 is 9.84 Å². The van der Waals surface area contributed by atoms with E-state index in [1.54, 1.807) is 0 Å². The highest BCUT2D eigenvalue weighted by atomic mass is 35.5. The fourth-order valence-corrected chi connectivity index (χ4v) is 3.52. The van der Waals surface area contributed by atoms with Gasteiger partial charge in [-0.2, -0.15) is 0 Å². The number of benzene rings is 2. The Kier molecular flexibility index (Phi) is 6.76. The van der Waals surface area contributed by atoms with Crippen molar-refractivity contribution in [1.82, 2.24) is 5.32 Å². The number of carboxylic acids is 1. The summed E-state index contributed by atoms with van der Waals surface area (Å²) in [6.07, 6.45) is 1.17. The van der Waals surface area contributed by atoms with Crippen molar-refractivity contribution in [3.63, 3.8) is 0 Å². The topological polar surface area (TPSA) is 113 Å². The monoisotopic (exact) mass is 502 g/mol. The molecule has 0 atom stereocenters. The van der Waals surface area contributed by atoms with Crippen molar-refractivity contribution in [3.05, 3.63) is 61.6 Å². The number of ether oxygens (including phenoxy) is 1. The zero-order chi connectivity index (χ0) is 22.9. The number of hydrogen-bond donors (Lipinski definition) is 2. The van der Waals surface area contributed by atoms with E-state index in [1.807, 2.05) is 0 Å². The third kappa shape index (κ3) is 4.94. The van der Waals surface area contributed by atoms with Crippen LogP contribution in [-0.4, -0.2) is 35.5 Å². The molecule has 1 fully saturated rings. The second kappa shape index (κ2) is 9.15. The molecule has 0 aliphatic carbocycles. The number of carbonyl (C=O) groups excluding carboxylic acids is 3. The SMILES string of the molecule is O=C(O)COc1c(Cl)cc(/C=C2\C(=O)NC(=O)N(c3ccc(Cl)c(Cl)c3)C2=O)cc1Cl. The van der Waals surface area contributed by atoms with Gasteiger partial charge in [-0.1, -0.05) is 46.4 Å². The third-order valence-electron chi connectivity index (χ3n) is 3.93. The Labute approximate surface area is 194 Å². The molecule has 1 aliphatic heterocycles. The average Bonchev–Trinajstić information content (AvgIpc) is 2.67. The van der Waals surface area contributed by atoms with Crippen LogP contribution in [0.5, 0.6) is 5.75 Å². The number of hydrogen-bond acceptors (Lipinski definition) is 5. The van der Waals surface area contributed by atoms with Crippen molar-refractivity contribution in [1.29, 1.82) is 0 Å². The van der Waals surface area contributed by atoms with E-state index in [0.717, 1.165) is 4.90 Å². The van der Waals surface area contributed by atoms with Crippen molar-refractivity contribution in [2.45, 2.75) is 0 Å². The standard InChI is InChI=1S/C19H10Cl4N2O6/c20-11-2-1-9(6-12(11)21)25-18(29)10(17(28)24-19(25)30)3-8-4-13(22)16(14(23)5-8)31-7-15(26)27/h1-6H,7H2,(H,26,27)(H,24,28,30)/b10-3+. The number of barbiturate groups is 1. The molecule has 4 amide bonds. The maximum Gasteiger partial charge on any atom is 0.341 e. The molecule has 8 nitrogen and oxygen atoms in total. The number of carbonyl (C=O) groups is 4. The summed E-state index contributed by atoms with van der Waals surface area (Å²) in [5.41, 5.74) is -0.0413. The first-order valence-corrected chi connectivity index (χ1v) is 9.80. The highest BCUT2D eigenvalue weighted by molar-refractivity contribution is 6.43. The van der Waals surface area contributed by atoms with E-state index < -0.39 is 30.4 Å². The number of amides is 4. The quantitative estimate of drug-likeness (QED) is 0.461. The molecule has 1 saturated heterocycles. The van der Waals surface area contributed by atoms with E-state index >= 15 is 0 Å². The van der Waals surface area contributed by atoms with E-state index in [1.165, 1.54) is 36.4 Å². The number of nitrogens with one attached hydrogen (secondary N) is 1. The minimum absolute atomic E-state index is 0.0401. The van der Waals surface area contributed by atoms with Crippen LogP contribution in [0.15, 0.2) is 35.9 Å². The second-order valence-electron chi connectivity index (χ2n) is 6.05. The molecule has 1 aliphatic rings. The van der Waals surface area contributed by atoms with Crippen LogP contribution in [0.4, 0.5) is 10.5 Å². The summed E-state index contributed by atoms with van der Waals surface area (Å²) in [6.45, 7) is -0.665. The number of nitrogens with zero attached hydrogens (tertiary/aromatic N) is 1. The number of imide groups is 2. The Morgan fingerprint density at radius 3 is 2.23 bits per heavy atom. The lowest BCUT2D eigenvalue weighted by Crippen LogP contribution is -2.54. The number of rotatable bonds is 5. The first-order valence-electron chi connectivity index (χ1n) is 8.28. The van der Waals surface area contributed by atoms with Crippen molar-refractivity contribution in [2.75, 3.05) is 11.5 Å².